The highest BCUT2D eigenvalue weighted by Gasteiger charge is 2.17. The van der Waals surface area contributed by atoms with Gasteiger partial charge in [0.05, 0.1) is 0 Å². The van der Waals surface area contributed by atoms with Crippen molar-refractivity contribution in [1.82, 2.24) is 0 Å². The second-order valence-corrected chi connectivity index (χ2v) is 3.45. The van der Waals surface area contributed by atoms with Crippen molar-refractivity contribution in [3.8, 4) is 0 Å². The summed E-state index contributed by atoms with van der Waals surface area (Å²) in [4.78, 5) is 0. The Labute approximate surface area is 87.8 Å². The lowest BCUT2D eigenvalue weighted by molar-refractivity contribution is 0.151. The number of halogens is 2. The topological polar surface area (TPSA) is 35.9 Å². The van der Waals surface area contributed by atoms with Crippen LogP contribution >= 0.6 is 0 Å². The molecular formula is C11H14F2N2. The number of anilines is 1. The first-order chi connectivity index (χ1) is 6.97. The molecule has 0 spiro atoms. The Morgan fingerprint density at radius 3 is 2.40 bits per heavy atom. The zero-order valence-electron chi connectivity index (χ0n) is 8.99. The molecule has 0 aromatic heterocycles. The van der Waals surface area contributed by atoms with E-state index in [4.69, 9.17) is 5.41 Å². The van der Waals surface area contributed by atoms with Crippen LogP contribution in [0.1, 0.15) is 30.0 Å². The number of aryl methyl sites for hydroxylation is 1. The molecule has 0 radical (unpaired) electrons. The van der Waals surface area contributed by atoms with Crippen molar-refractivity contribution in [2.24, 2.45) is 0 Å². The van der Waals surface area contributed by atoms with Crippen molar-refractivity contribution >= 4 is 11.4 Å². The van der Waals surface area contributed by atoms with Crippen molar-refractivity contribution < 1.29 is 8.78 Å². The Kier molecular flexibility index (Phi) is 3.39. The molecule has 0 atom stereocenters. The summed E-state index contributed by atoms with van der Waals surface area (Å²) < 4.78 is 25.5. The second kappa shape index (κ2) is 4.38. The summed E-state index contributed by atoms with van der Waals surface area (Å²) in [6.45, 7) is 3.27. The van der Waals surface area contributed by atoms with Crippen LogP contribution in [-0.2, 0) is 0 Å². The lowest BCUT2D eigenvalue weighted by Gasteiger charge is -2.14. The minimum absolute atomic E-state index is 0.0770. The van der Waals surface area contributed by atoms with Gasteiger partial charge in [0.2, 0.25) is 0 Å². The second-order valence-electron chi connectivity index (χ2n) is 3.45. The summed E-state index contributed by atoms with van der Waals surface area (Å²) >= 11 is 0. The van der Waals surface area contributed by atoms with Crippen molar-refractivity contribution in [3.05, 3.63) is 28.8 Å². The number of benzene rings is 1. The van der Waals surface area contributed by atoms with E-state index in [2.05, 4.69) is 5.32 Å². The van der Waals surface area contributed by atoms with Gasteiger partial charge in [0.15, 0.2) is 0 Å². The number of hydrogen-bond acceptors (Lipinski definition) is 2. The Morgan fingerprint density at radius 1 is 1.40 bits per heavy atom. The van der Waals surface area contributed by atoms with Crippen LogP contribution < -0.4 is 5.32 Å². The molecule has 1 rings (SSSR count). The largest absolute Gasteiger partial charge is 0.388 e. The number of rotatable bonds is 3. The Hall–Kier alpha value is -1.45. The van der Waals surface area contributed by atoms with Gasteiger partial charge in [0, 0.05) is 29.6 Å². The highest BCUT2D eigenvalue weighted by Crippen LogP contribution is 2.30. The van der Waals surface area contributed by atoms with E-state index >= 15 is 0 Å². The van der Waals surface area contributed by atoms with Crippen LogP contribution in [0.15, 0.2) is 12.1 Å². The molecule has 0 aliphatic heterocycles. The summed E-state index contributed by atoms with van der Waals surface area (Å²) in [6, 6.07) is 3.19. The molecule has 1 aromatic carbocycles. The molecule has 15 heavy (non-hydrogen) atoms. The molecule has 1 aromatic rings. The lowest BCUT2D eigenvalue weighted by Crippen LogP contribution is -2.06. The monoisotopic (exact) mass is 212 g/mol. The molecule has 0 amide bonds. The third-order valence-corrected chi connectivity index (χ3v) is 2.19. The van der Waals surface area contributed by atoms with Crippen molar-refractivity contribution in [2.75, 3.05) is 12.4 Å². The summed E-state index contributed by atoms with van der Waals surface area (Å²) in [5.74, 6) is 0. The fraction of sp³-hybridized carbons (Fsp3) is 0.364. The standard InChI is InChI=1S/C11H14F2N2/c1-6-4-8(11(12)13)10(7(2)14)9(5-6)15-3/h4-5,11,14-15H,1-3H3. The van der Waals surface area contributed by atoms with Gasteiger partial charge in [0.1, 0.15) is 0 Å². The van der Waals surface area contributed by atoms with E-state index in [-0.39, 0.29) is 11.3 Å². The van der Waals surface area contributed by atoms with Crippen LogP contribution in [0.25, 0.3) is 0 Å². The lowest BCUT2D eigenvalue weighted by atomic mass is 9.99. The first-order valence-corrected chi connectivity index (χ1v) is 4.63. The van der Waals surface area contributed by atoms with Crippen LogP contribution in [0.2, 0.25) is 0 Å². The van der Waals surface area contributed by atoms with E-state index in [1.807, 2.05) is 0 Å². The maximum absolute atomic E-state index is 12.8. The van der Waals surface area contributed by atoms with Gasteiger partial charge in [-0.05, 0) is 31.5 Å². The highest BCUT2D eigenvalue weighted by molar-refractivity contribution is 6.03. The normalized spacial score (nSPS) is 10.5. The van der Waals surface area contributed by atoms with Gasteiger partial charge in [-0.1, -0.05) is 0 Å². The first kappa shape index (κ1) is 11.6. The molecule has 0 saturated carbocycles. The minimum atomic E-state index is -2.55. The fourth-order valence-corrected chi connectivity index (χ4v) is 1.60. The minimum Gasteiger partial charge on any atom is -0.388 e. The smallest absolute Gasteiger partial charge is 0.264 e. The molecule has 0 fully saturated rings. The summed E-state index contributed by atoms with van der Waals surface area (Å²) in [5, 5.41) is 10.3. The molecule has 0 heterocycles. The van der Waals surface area contributed by atoms with E-state index in [1.165, 1.54) is 13.0 Å². The molecular weight excluding hydrogens is 198 g/mol. The van der Waals surface area contributed by atoms with Gasteiger partial charge in [-0.2, -0.15) is 0 Å². The van der Waals surface area contributed by atoms with Gasteiger partial charge in [-0.3, -0.25) is 0 Å². The van der Waals surface area contributed by atoms with Crippen molar-refractivity contribution in [2.45, 2.75) is 20.3 Å². The molecule has 0 unspecified atom stereocenters. The Balaban J connectivity index is 3.47. The summed E-state index contributed by atoms with van der Waals surface area (Å²) in [6.07, 6.45) is -2.55. The van der Waals surface area contributed by atoms with Crippen LogP contribution in [0.3, 0.4) is 0 Å². The third kappa shape index (κ3) is 2.32. The quantitative estimate of drug-likeness (QED) is 0.740. The van der Waals surface area contributed by atoms with Crippen LogP contribution in [0.5, 0.6) is 0 Å². The van der Waals surface area contributed by atoms with Crippen LogP contribution in [-0.4, -0.2) is 12.8 Å². The summed E-state index contributed by atoms with van der Waals surface area (Å²) in [5.41, 5.74) is 1.72. The van der Waals surface area contributed by atoms with Crippen molar-refractivity contribution in [3.63, 3.8) is 0 Å². The maximum atomic E-state index is 12.8. The maximum Gasteiger partial charge on any atom is 0.264 e. The number of hydrogen-bond donors (Lipinski definition) is 2. The zero-order valence-corrected chi connectivity index (χ0v) is 8.99. The van der Waals surface area contributed by atoms with Crippen LogP contribution in [0, 0.1) is 12.3 Å². The molecule has 0 bridgehead atoms. The van der Waals surface area contributed by atoms with Gasteiger partial charge in [-0.25, -0.2) is 8.78 Å². The van der Waals surface area contributed by atoms with Gasteiger partial charge in [-0.15, -0.1) is 0 Å². The Morgan fingerprint density at radius 2 is 2.00 bits per heavy atom. The summed E-state index contributed by atoms with van der Waals surface area (Å²) in [7, 11) is 1.66. The van der Waals surface area contributed by atoms with Gasteiger partial charge >= 0.3 is 0 Å². The molecule has 0 saturated heterocycles. The van der Waals surface area contributed by atoms with Crippen LogP contribution in [0.4, 0.5) is 14.5 Å². The van der Waals surface area contributed by atoms with E-state index in [0.717, 1.165) is 5.56 Å². The molecule has 0 aliphatic rings. The van der Waals surface area contributed by atoms with Gasteiger partial charge < -0.3 is 10.7 Å². The number of alkyl halides is 2. The van der Waals surface area contributed by atoms with E-state index in [0.29, 0.717) is 11.3 Å². The zero-order chi connectivity index (χ0) is 11.6. The van der Waals surface area contributed by atoms with E-state index < -0.39 is 6.43 Å². The number of nitrogens with one attached hydrogen (secondary N) is 2. The molecule has 82 valence electrons. The van der Waals surface area contributed by atoms with Gasteiger partial charge in [0.25, 0.3) is 6.43 Å². The highest BCUT2D eigenvalue weighted by atomic mass is 19.3. The SMILES string of the molecule is CNc1cc(C)cc(C(F)F)c1C(C)=N. The molecule has 4 heteroatoms. The Bertz CT molecular complexity index is 386. The predicted octanol–water partition coefficient (Wildman–Crippen LogP) is 3.36. The average molecular weight is 212 g/mol. The molecule has 2 nitrogen and oxygen atoms in total. The average Bonchev–Trinajstić information content (AvgIpc) is 2.15. The first-order valence-electron chi connectivity index (χ1n) is 4.63. The molecule has 0 aliphatic carbocycles. The van der Waals surface area contributed by atoms with Crippen molar-refractivity contribution in [1.29, 1.82) is 5.41 Å². The third-order valence-electron chi connectivity index (χ3n) is 2.19. The molecule has 2 N–H and O–H groups in total. The predicted molar refractivity (Wildman–Crippen MR) is 58.2 cm³/mol. The fourth-order valence-electron chi connectivity index (χ4n) is 1.60. The van der Waals surface area contributed by atoms with E-state index in [1.54, 1.807) is 20.0 Å². The van der Waals surface area contributed by atoms with E-state index in [9.17, 15) is 8.78 Å².